The zero-order chi connectivity index (χ0) is 13.5. The summed E-state index contributed by atoms with van der Waals surface area (Å²) in [4.78, 5) is 22.2. The Balaban J connectivity index is 2.56. The van der Waals surface area contributed by atoms with Crippen LogP contribution in [0.4, 0.5) is 5.69 Å². The van der Waals surface area contributed by atoms with Crippen molar-refractivity contribution in [2.75, 3.05) is 11.9 Å². The van der Waals surface area contributed by atoms with Gasteiger partial charge in [0.2, 0.25) is 11.8 Å². The first-order chi connectivity index (χ1) is 8.52. The van der Waals surface area contributed by atoms with Crippen LogP contribution in [0.5, 0.6) is 0 Å². The summed E-state index contributed by atoms with van der Waals surface area (Å²) >= 11 is 0. The SMILES string of the molecule is NCCc1ccc(NC(=O)[C@@H](N)CC(N)=O)cc1. The molecule has 1 atom stereocenters. The van der Waals surface area contributed by atoms with E-state index in [1.807, 2.05) is 12.1 Å². The summed E-state index contributed by atoms with van der Waals surface area (Å²) in [5.41, 5.74) is 17.6. The molecule has 0 bridgehead atoms. The summed E-state index contributed by atoms with van der Waals surface area (Å²) in [6.07, 6.45) is 0.618. The van der Waals surface area contributed by atoms with Gasteiger partial charge in [-0.1, -0.05) is 12.1 Å². The second-order valence-corrected chi connectivity index (χ2v) is 4.00. The molecule has 0 aliphatic carbocycles. The molecule has 18 heavy (non-hydrogen) atoms. The molecule has 1 aromatic carbocycles. The lowest BCUT2D eigenvalue weighted by atomic mass is 10.1. The van der Waals surface area contributed by atoms with E-state index in [2.05, 4.69) is 5.32 Å². The average Bonchev–Trinajstić information content (AvgIpc) is 2.31. The number of hydrogen-bond acceptors (Lipinski definition) is 4. The molecule has 7 N–H and O–H groups in total. The molecule has 0 spiro atoms. The predicted octanol–water partition coefficient (Wildman–Crippen LogP) is -0.671. The molecule has 98 valence electrons. The fourth-order valence-electron chi connectivity index (χ4n) is 1.47. The maximum atomic E-state index is 11.6. The highest BCUT2D eigenvalue weighted by Gasteiger charge is 2.15. The summed E-state index contributed by atoms with van der Waals surface area (Å²) < 4.78 is 0. The molecule has 1 aromatic rings. The molecule has 2 amide bonds. The lowest BCUT2D eigenvalue weighted by Crippen LogP contribution is -2.38. The number of benzene rings is 1. The minimum atomic E-state index is -0.925. The van der Waals surface area contributed by atoms with E-state index in [4.69, 9.17) is 17.2 Å². The van der Waals surface area contributed by atoms with Crippen LogP contribution in [0.15, 0.2) is 24.3 Å². The molecule has 0 aliphatic heterocycles. The summed E-state index contributed by atoms with van der Waals surface area (Å²) in [5, 5.41) is 2.61. The Morgan fingerprint density at radius 2 is 1.83 bits per heavy atom. The number of carbonyl (C=O) groups is 2. The van der Waals surface area contributed by atoms with Gasteiger partial charge in [0.25, 0.3) is 0 Å². The normalized spacial score (nSPS) is 11.9. The third kappa shape index (κ3) is 4.52. The highest BCUT2D eigenvalue weighted by molar-refractivity contribution is 5.97. The third-order valence-electron chi connectivity index (χ3n) is 2.41. The molecular formula is C12H18N4O2. The molecule has 0 heterocycles. The summed E-state index contributed by atoms with van der Waals surface area (Å²) in [7, 11) is 0. The van der Waals surface area contributed by atoms with Crippen LogP contribution in [0.2, 0.25) is 0 Å². The molecule has 0 unspecified atom stereocenters. The van der Waals surface area contributed by atoms with Gasteiger partial charge in [-0.3, -0.25) is 9.59 Å². The topological polar surface area (TPSA) is 124 Å². The molecule has 6 heteroatoms. The zero-order valence-corrected chi connectivity index (χ0v) is 10.1. The number of rotatable bonds is 6. The summed E-state index contributed by atoms with van der Waals surface area (Å²) in [6.45, 7) is 0.579. The first-order valence-electron chi connectivity index (χ1n) is 5.66. The molecule has 6 nitrogen and oxygen atoms in total. The van der Waals surface area contributed by atoms with Gasteiger partial charge in [-0.05, 0) is 30.7 Å². The van der Waals surface area contributed by atoms with Crippen molar-refractivity contribution in [3.63, 3.8) is 0 Å². The molecule has 0 radical (unpaired) electrons. The van der Waals surface area contributed by atoms with Crippen LogP contribution < -0.4 is 22.5 Å². The van der Waals surface area contributed by atoms with Gasteiger partial charge in [-0.25, -0.2) is 0 Å². The molecule has 0 saturated heterocycles. The maximum absolute atomic E-state index is 11.6. The summed E-state index contributed by atoms with van der Waals surface area (Å²) in [5.74, 6) is -1.03. The van der Waals surface area contributed by atoms with Crippen LogP contribution in [-0.4, -0.2) is 24.4 Å². The Hall–Kier alpha value is -1.92. The Kier molecular flexibility index (Phi) is 5.29. The highest BCUT2D eigenvalue weighted by atomic mass is 16.2. The number of amides is 2. The number of anilines is 1. The van der Waals surface area contributed by atoms with Gasteiger partial charge < -0.3 is 22.5 Å². The highest BCUT2D eigenvalue weighted by Crippen LogP contribution is 2.10. The third-order valence-corrected chi connectivity index (χ3v) is 2.41. The van der Waals surface area contributed by atoms with Crippen molar-refractivity contribution in [1.29, 1.82) is 0 Å². The minimum Gasteiger partial charge on any atom is -0.370 e. The quantitative estimate of drug-likeness (QED) is 0.534. The van der Waals surface area contributed by atoms with Gasteiger partial charge in [0, 0.05) is 5.69 Å². The van der Waals surface area contributed by atoms with E-state index in [9.17, 15) is 9.59 Å². The van der Waals surface area contributed by atoms with Gasteiger partial charge in [0.15, 0.2) is 0 Å². The number of carbonyl (C=O) groups excluding carboxylic acids is 2. The molecular weight excluding hydrogens is 232 g/mol. The van der Waals surface area contributed by atoms with Crippen LogP contribution >= 0.6 is 0 Å². The Labute approximate surface area is 106 Å². The second-order valence-electron chi connectivity index (χ2n) is 4.00. The van der Waals surface area contributed by atoms with Crippen LogP contribution in [0.3, 0.4) is 0 Å². The predicted molar refractivity (Wildman–Crippen MR) is 69.6 cm³/mol. The number of nitrogens with one attached hydrogen (secondary N) is 1. The van der Waals surface area contributed by atoms with Crippen LogP contribution in [0.1, 0.15) is 12.0 Å². The second kappa shape index (κ2) is 6.73. The van der Waals surface area contributed by atoms with Crippen molar-refractivity contribution in [3.8, 4) is 0 Å². The maximum Gasteiger partial charge on any atom is 0.241 e. The van der Waals surface area contributed by atoms with Gasteiger partial charge in [-0.15, -0.1) is 0 Å². The van der Waals surface area contributed by atoms with Crippen molar-refractivity contribution in [3.05, 3.63) is 29.8 Å². The van der Waals surface area contributed by atoms with E-state index in [-0.39, 0.29) is 6.42 Å². The number of nitrogens with two attached hydrogens (primary N) is 3. The smallest absolute Gasteiger partial charge is 0.241 e. The first kappa shape index (κ1) is 14.1. The van der Waals surface area contributed by atoms with E-state index >= 15 is 0 Å². The van der Waals surface area contributed by atoms with Crippen molar-refractivity contribution in [2.45, 2.75) is 18.9 Å². The van der Waals surface area contributed by atoms with Gasteiger partial charge in [0.1, 0.15) is 0 Å². The molecule has 0 aliphatic rings. The van der Waals surface area contributed by atoms with E-state index < -0.39 is 17.9 Å². The first-order valence-corrected chi connectivity index (χ1v) is 5.66. The lowest BCUT2D eigenvalue weighted by molar-refractivity contribution is -0.123. The zero-order valence-electron chi connectivity index (χ0n) is 10.1. The van der Waals surface area contributed by atoms with Crippen LogP contribution in [0, 0.1) is 0 Å². The molecule has 0 aromatic heterocycles. The Bertz CT molecular complexity index is 417. The van der Waals surface area contributed by atoms with Crippen molar-refractivity contribution >= 4 is 17.5 Å². The van der Waals surface area contributed by atoms with Crippen LogP contribution in [-0.2, 0) is 16.0 Å². The molecule has 0 fully saturated rings. The number of primary amides is 1. The van der Waals surface area contributed by atoms with Crippen LogP contribution in [0.25, 0.3) is 0 Å². The standard InChI is InChI=1S/C12H18N4O2/c13-6-5-8-1-3-9(4-2-8)16-12(18)10(14)7-11(15)17/h1-4,10H,5-7,13-14H2,(H2,15,17)(H,16,18)/t10-/m0/s1. The van der Waals surface area contributed by atoms with Gasteiger partial charge in [0.05, 0.1) is 12.5 Å². The number of hydrogen-bond donors (Lipinski definition) is 4. The monoisotopic (exact) mass is 250 g/mol. The summed E-state index contributed by atoms with van der Waals surface area (Å²) in [6, 6.07) is 6.36. The Morgan fingerprint density at radius 3 is 2.33 bits per heavy atom. The fraction of sp³-hybridized carbons (Fsp3) is 0.333. The van der Waals surface area contributed by atoms with Crippen molar-refractivity contribution < 1.29 is 9.59 Å². The molecule has 1 rings (SSSR count). The van der Waals surface area contributed by atoms with Crippen molar-refractivity contribution in [2.24, 2.45) is 17.2 Å². The van der Waals surface area contributed by atoms with Crippen molar-refractivity contribution in [1.82, 2.24) is 0 Å². The largest absolute Gasteiger partial charge is 0.370 e. The molecule has 0 saturated carbocycles. The fourth-order valence-corrected chi connectivity index (χ4v) is 1.47. The lowest BCUT2D eigenvalue weighted by Gasteiger charge is -2.10. The Morgan fingerprint density at radius 1 is 1.22 bits per heavy atom. The van der Waals surface area contributed by atoms with E-state index in [1.165, 1.54) is 0 Å². The van der Waals surface area contributed by atoms with Gasteiger partial charge >= 0.3 is 0 Å². The van der Waals surface area contributed by atoms with E-state index in [0.29, 0.717) is 12.2 Å². The van der Waals surface area contributed by atoms with E-state index in [1.54, 1.807) is 12.1 Å². The average molecular weight is 250 g/mol. The van der Waals surface area contributed by atoms with Gasteiger partial charge in [-0.2, -0.15) is 0 Å². The van der Waals surface area contributed by atoms with E-state index in [0.717, 1.165) is 12.0 Å². The minimum absolute atomic E-state index is 0.170.